The van der Waals surface area contributed by atoms with Crippen LogP contribution in [-0.4, -0.2) is 29.6 Å². The average Bonchev–Trinajstić information content (AvgIpc) is 2.22. The summed E-state index contributed by atoms with van der Waals surface area (Å²) in [6, 6.07) is 2.37. The fourth-order valence-electron chi connectivity index (χ4n) is 1.14. The molecule has 1 rings (SSSR count). The van der Waals surface area contributed by atoms with Gasteiger partial charge in [0.15, 0.2) is 23.0 Å². The van der Waals surface area contributed by atoms with Crippen LogP contribution in [0.1, 0.15) is 10.4 Å². The summed E-state index contributed by atoms with van der Waals surface area (Å²) in [5.74, 6) is -1.54. The van der Waals surface area contributed by atoms with Crippen LogP contribution >= 0.6 is 0 Å². The molecule has 0 atom stereocenters. The summed E-state index contributed by atoms with van der Waals surface area (Å²) in [4.78, 5) is 21.8. The fraction of sp³-hybridized carbons (Fsp3) is 0.222. The van der Waals surface area contributed by atoms with E-state index in [1.54, 1.807) is 7.05 Å². The highest BCUT2D eigenvalue weighted by Crippen LogP contribution is 2.38. The molecule has 0 saturated carbocycles. The predicted octanol–water partition coefficient (Wildman–Crippen LogP) is 0.898. The van der Waals surface area contributed by atoms with E-state index in [1.807, 2.05) is 0 Å². The molecule has 0 aliphatic heterocycles. The molecule has 0 heterocycles. The van der Waals surface area contributed by atoms with Gasteiger partial charge in [0, 0.05) is 0 Å². The molecular formula is C9H10N2O4. The molecule has 3 N–H and O–H groups in total. The molecule has 0 aliphatic rings. The second-order valence-corrected chi connectivity index (χ2v) is 2.87. The molecule has 15 heavy (non-hydrogen) atoms. The molecule has 0 aliphatic carbocycles. The van der Waals surface area contributed by atoms with Gasteiger partial charge in [-0.1, -0.05) is 0 Å². The number of hydrogen-bond donors (Lipinski definition) is 3. The van der Waals surface area contributed by atoms with Crippen molar-refractivity contribution in [2.24, 2.45) is 5.18 Å². The van der Waals surface area contributed by atoms with E-state index in [0.717, 1.165) is 6.07 Å². The highest BCUT2D eigenvalue weighted by atomic mass is 16.3. The monoisotopic (exact) mass is 210 g/mol. The summed E-state index contributed by atoms with van der Waals surface area (Å²) in [5, 5.41) is 23.5. The minimum Gasteiger partial charge on any atom is -0.504 e. The van der Waals surface area contributed by atoms with Crippen LogP contribution in [0.4, 0.5) is 5.69 Å². The van der Waals surface area contributed by atoms with Crippen LogP contribution in [0.25, 0.3) is 0 Å². The Morgan fingerprint density at radius 3 is 2.67 bits per heavy atom. The van der Waals surface area contributed by atoms with E-state index in [0.29, 0.717) is 0 Å². The first-order valence-corrected chi connectivity index (χ1v) is 4.18. The molecule has 80 valence electrons. The van der Waals surface area contributed by atoms with Gasteiger partial charge in [0.25, 0.3) is 0 Å². The van der Waals surface area contributed by atoms with Gasteiger partial charge < -0.3 is 15.5 Å². The Morgan fingerprint density at radius 2 is 2.13 bits per heavy atom. The summed E-state index contributed by atoms with van der Waals surface area (Å²) in [6.45, 7) is 0.0206. The summed E-state index contributed by atoms with van der Waals surface area (Å²) in [5.41, 5.74) is -0.454. The minimum absolute atomic E-state index is 0.0188. The van der Waals surface area contributed by atoms with Crippen LogP contribution in [0.3, 0.4) is 0 Å². The SMILES string of the molecule is CNCC(=O)c1ccc(O)c(O)c1N=O. The lowest BCUT2D eigenvalue weighted by Gasteiger charge is -2.05. The Labute approximate surface area is 85.5 Å². The first kappa shape index (κ1) is 11.1. The Kier molecular flexibility index (Phi) is 3.35. The number of carbonyl (C=O) groups excluding carboxylic acids is 1. The van der Waals surface area contributed by atoms with E-state index in [1.165, 1.54) is 6.07 Å². The maximum Gasteiger partial charge on any atom is 0.188 e. The van der Waals surface area contributed by atoms with Gasteiger partial charge in [-0.2, -0.15) is 0 Å². The van der Waals surface area contributed by atoms with Crippen molar-refractivity contribution in [1.82, 2.24) is 5.32 Å². The molecule has 6 heteroatoms. The number of nitrogens with one attached hydrogen (secondary N) is 1. The third kappa shape index (κ3) is 2.10. The number of ketones is 1. The number of aromatic hydroxyl groups is 2. The van der Waals surface area contributed by atoms with E-state index in [2.05, 4.69) is 10.5 Å². The quantitative estimate of drug-likeness (QED) is 0.389. The Hall–Kier alpha value is -1.95. The zero-order chi connectivity index (χ0) is 11.4. The van der Waals surface area contributed by atoms with Crippen molar-refractivity contribution < 1.29 is 15.0 Å². The van der Waals surface area contributed by atoms with Crippen molar-refractivity contribution in [3.63, 3.8) is 0 Å². The lowest BCUT2D eigenvalue weighted by atomic mass is 10.1. The first-order chi connectivity index (χ1) is 7.11. The molecule has 6 nitrogen and oxygen atoms in total. The van der Waals surface area contributed by atoms with Gasteiger partial charge in [0.1, 0.15) is 0 Å². The van der Waals surface area contributed by atoms with Crippen molar-refractivity contribution in [3.05, 3.63) is 22.6 Å². The summed E-state index contributed by atoms with van der Waals surface area (Å²) in [7, 11) is 1.58. The number of nitroso groups, excluding NO2 is 1. The number of phenolic OH excluding ortho intramolecular Hbond substituents is 2. The van der Waals surface area contributed by atoms with E-state index >= 15 is 0 Å². The van der Waals surface area contributed by atoms with Crippen molar-refractivity contribution in [2.45, 2.75) is 0 Å². The summed E-state index contributed by atoms with van der Waals surface area (Å²) >= 11 is 0. The van der Waals surface area contributed by atoms with Crippen molar-refractivity contribution >= 4 is 11.5 Å². The second kappa shape index (κ2) is 4.52. The molecule has 0 unspecified atom stereocenters. The van der Waals surface area contributed by atoms with Crippen LogP contribution in [0, 0.1) is 4.91 Å². The number of Topliss-reactive ketones (excluding diaryl/α,β-unsaturated/α-hetero) is 1. The average molecular weight is 210 g/mol. The second-order valence-electron chi connectivity index (χ2n) is 2.87. The van der Waals surface area contributed by atoms with E-state index in [4.69, 9.17) is 5.11 Å². The maximum atomic E-state index is 11.4. The number of carbonyl (C=O) groups is 1. The molecule has 0 bridgehead atoms. The zero-order valence-electron chi connectivity index (χ0n) is 8.02. The van der Waals surface area contributed by atoms with E-state index in [-0.39, 0.29) is 17.9 Å². The number of phenols is 2. The Balaban J connectivity index is 3.24. The van der Waals surface area contributed by atoms with E-state index in [9.17, 15) is 14.8 Å². The van der Waals surface area contributed by atoms with Gasteiger partial charge in [-0.25, -0.2) is 0 Å². The number of nitrogens with zero attached hydrogens (tertiary/aromatic N) is 1. The zero-order valence-corrected chi connectivity index (χ0v) is 8.02. The molecule has 0 amide bonds. The number of likely N-dealkylation sites (N-methyl/N-ethyl adjacent to an activating group) is 1. The highest BCUT2D eigenvalue weighted by molar-refractivity contribution is 6.03. The molecule has 1 aromatic carbocycles. The van der Waals surface area contributed by atoms with Gasteiger partial charge >= 0.3 is 0 Å². The smallest absolute Gasteiger partial charge is 0.188 e. The standard InChI is InChI=1S/C9H10N2O4/c1-10-4-7(13)5-2-3-6(12)9(14)8(5)11-15/h2-3,10,12,14H,4H2,1H3. The predicted molar refractivity (Wildman–Crippen MR) is 53.5 cm³/mol. The van der Waals surface area contributed by atoms with Crippen LogP contribution < -0.4 is 5.32 Å². The molecule has 1 aromatic rings. The van der Waals surface area contributed by atoms with Gasteiger partial charge in [0.2, 0.25) is 0 Å². The Morgan fingerprint density at radius 1 is 1.47 bits per heavy atom. The molecule has 0 fully saturated rings. The number of hydrogen-bond acceptors (Lipinski definition) is 6. The molecule has 0 spiro atoms. The number of rotatable bonds is 4. The minimum atomic E-state index is -0.674. The largest absolute Gasteiger partial charge is 0.504 e. The third-order valence-electron chi connectivity index (χ3n) is 1.86. The fourth-order valence-corrected chi connectivity index (χ4v) is 1.14. The molecule has 0 aromatic heterocycles. The maximum absolute atomic E-state index is 11.4. The molecular weight excluding hydrogens is 200 g/mol. The van der Waals surface area contributed by atoms with Gasteiger partial charge in [0.05, 0.1) is 12.1 Å². The Bertz CT molecular complexity index is 403. The summed E-state index contributed by atoms with van der Waals surface area (Å²) in [6.07, 6.45) is 0. The van der Waals surface area contributed by atoms with Crippen LogP contribution in [-0.2, 0) is 0 Å². The van der Waals surface area contributed by atoms with E-state index < -0.39 is 17.2 Å². The van der Waals surface area contributed by atoms with Crippen molar-refractivity contribution in [3.8, 4) is 11.5 Å². The van der Waals surface area contributed by atoms with Crippen molar-refractivity contribution in [1.29, 1.82) is 0 Å². The topological polar surface area (TPSA) is 99.0 Å². The van der Waals surface area contributed by atoms with Crippen LogP contribution in [0.2, 0.25) is 0 Å². The molecule has 0 radical (unpaired) electrons. The van der Waals surface area contributed by atoms with Crippen LogP contribution in [0.15, 0.2) is 17.3 Å². The molecule has 0 saturated heterocycles. The normalized spacial score (nSPS) is 9.93. The van der Waals surface area contributed by atoms with Gasteiger partial charge in [-0.15, -0.1) is 4.91 Å². The van der Waals surface area contributed by atoms with Crippen LogP contribution in [0.5, 0.6) is 11.5 Å². The van der Waals surface area contributed by atoms with Gasteiger partial charge in [-0.05, 0) is 24.4 Å². The summed E-state index contributed by atoms with van der Waals surface area (Å²) < 4.78 is 0. The van der Waals surface area contributed by atoms with Gasteiger partial charge in [-0.3, -0.25) is 4.79 Å². The van der Waals surface area contributed by atoms with Crippen molar-refractivity contribution in [2.75, 3.05) is 13.6 Å². The number of benzene rings is 1. The lowest BCUT2D eigenvalue weighted by molar-refractivity contribution is 0.0994. The highest BCUT2D eigenvalue weighted by Gasteiger charge is 2.17. The third-order valence-corrected chi connectivity index (χ3v) is 1.86. The lowest BCUT2D eigenvalue weighted by Crippen LogP contribution is -2.18. The first-order valence-electron chi connectivity index (χ1n) is 4.18.